The Balaban J connectivity index is 1.66. The molecule has 0 aliphatic carbocycles. The van der Waals surface area contributed by atoms with Crippen LogP contribution in [0.5, 0.6) is 5.75 Å². The van der Waals surface area contributed by atoms with E-state index in [1.165, 1.54) is 0 Å². The van der Waals surface area contributed by atoms with Crippen molar-refractivity contribution in [1.82, 2.24) is 4.90 Å². The molecule has 3 rings (SSSR count). The van der Waals surface area contributed by atoms with Gasteiger partial charge in [-0.2, -0.15) is 0 Å². The summed E-state index contributed by atoms with van der Waals surface area (Å²) < 4.78 is 5.74. The van der Waals surface area contributed by atoms with E-state index in [-0.39, 0.29) is 24.5 Å². The lowest BCUT2D eigenvalue weighted by Crippen LogP contribution is -2.47. The highest BCUT2D eigenvalue weighted by Gasteiger charge is 2.34. The van der Waals surface area contributed by atoms with Crippen LogP contribution in [-0.4, -0.2) is 41.7 Å². The topological polar surface area (TPSA) is 49.8 Å². The van der Waals surface area contributed by atoms with Gasteiger partial charge in [0.25, 0.3) is 5.91 Å². The average molecular weight is 261 g/mol. The number of carbonyl (C=O) groups is 1. The van der Waals surface area contributed by atoms with Gasteiger partial charge in [0, 0.05) is 26.1 Å². The first-order chi connectivity index (χ1) is 9.28. The molecule has 4 heteroatoms. The van der Waals surface area contributed by atoms with E-state index in [2.05, 4.69) is 0 Å². The largest absolute Gasteiger partial charge is 0.480 e. The smallest absolute Gasteiger partial charge is 0.264 e. The van der Waals surface area contributed by atoms with Crippen LogP contribution in [0.1, 0.15) is 18.4 Å². The van der Waals surface area contributed by atoms with Crippen LogP contribution in [0.3, 0.4) is 0 Å². The van der Waals surface area contributed by atoms with Gasteiger partial charge < -0.3 is 14.7 Å². The van der Waals surface area contributed by atoms with Crippen LogP contribution < -0.4 is 4.74 Å². The fourth-order valence-electron chi connectivity index (χ4n) is 2.94. The lowest BCUT2D eigenvalue weighted by Gasteiger charge is -2.33. The van der Waals surface area contributed by atoms with E-state index in [9.17, 15) is 9.90 Å². The number of ether oxygens (including phenoxy) is 1. The van der Waals surface area contributed by atoms with Crippen LogP contribution in [0, 0.1) is 5.92 Å². The van der Waals surface area contributed by atoms with Gasteiger partial charge in [-0.05, 0) is 30.4 Å². The first-order valence-electron chi connectivity index (χ1n) is 6.92. The minimum atomic E-state index is -0.380. The van der Waals surface area contributed by atoms with Crippen LogP contribution in [0.2, 0.25) is 0 Å². The summed E-state index contributed by atoms with van der Waals surface area (Å²) in [6, 6.07) is 7.82. The van der Waals surface area contributed by atoms with Crippen molar-refractivity contribution in [2.75, 3.05) is 19.7 Å². The number of hydrogen-bond acceptors (Lipinski definition) is 3. The fourth-order valence-corrected chi connectivity index (χ4v) is 2.94. The van der Waals surface area contributed by atoms with Crippen LogP contribution in [0.4, 0.5) is 0 Å². The Kier molecular flexibility index (Phi) is 3.42. The van der Waals surface area contributed by atoms with Gasteiger partial charge in [-0.3, -0.25) is 4.79 Å². The summed E-state index contributed by atoms with van der Waals surface area (Å²) >= 11 is 0. The summed E-state index contributed by atoms with van der Waals surface area (Å²) in [5.41, 5.74) is 1.11. The zero-order valence-corrected chi connectivity index (χ0v) is 10.9. The third-order valence-electron chi connectivity index (χ3n) is 4.01. The van der Waals surface area contributed by atoms with Crippen molar-refractivity contribution in [2.24, 2.45) is 5.92 Å². The van der Waals surface area contributed by atoms with Crippen LogP contribution in [0.25, 0.3) is 0 Å². The first kappa shape index (κ1) is 12.5. The molecular weight excluding hydrogens is 242 g/mol. The molecule has 1 saturated heterocycles. The molecule has 2 heterocycles. The summed E-state index contributed by atoms with van der Waals surface area (Å²) in [5.74, 6) is 1.12. The zero-order valence-electron chi connectivity index (χ0n) is 10.9. The molecule has 1 aromatic rings. The third kappa shape index (κ3) is 2.45. The van der Waals surface area contributed by atoms with Crippen molar-refractivity contribution in [3.63, 3.8) is 0 Å². The van der Waals surface area contributed by atoms with Gasteiger partial charge >= 0.3 is 0 Å². The van der Waals surface area contributed by atoms with Crippen molar-refractivity contribution in [2.45, 2.75) is 25.4 Å². The van der Waals surface area contributed by atoms with Gasteiger partial charge in [0.1, 0.15) is 5.75 Å². The minimum absolute atomic E-state index is 0.0642. The molecule has 2 atom stereocenters. The number of benzene rings is 1. The molecule has 4 nitrogen and oxygen atoms in total. The quantitative estimate of drug-likeness (QED) is 0.871. The summed E-state index contributed by atoms with van der Waals surface area (Å²) in [6.07, 6.45) is 2.26. The molecular formula is C15H19NO3. The molecule has 2 unspecified atom stereocenters. The lowest BCUT2D eigenvalue weighted by molar-refractivity contribution is -0.140. The molecule has 0 radical (unpaired) electrons. The van der Waals surface area contributed by atoms with Crippen molar-refractivity contribution >= 4 is 5.91 Å². The van der Waals surface area contributed by atoms with Gasteiger partial charge in [0.05, 0.1) is 0 Å². The van der Waals surface area contributed by atoms with Gasteiger partial charge in [-0.15, -0.1) is 0 Å². The predicted molar refractivity (Wildman–Crippen MR) is 71.0 cm³/mol. The molecule has 19 heavy (non-hydrogen) atoms. The summed E-state index contributed by atoms with van der Waals surface area (Å²) in [5, 5.41) is 9.23. The summed E-state index contributed by atoms with van der Waals surface area (Å²) in [6.45, 7) is 1.60. The maximum atomic E-state index is 12.4. The highest BCUT2D eigenvalue weighted by atomic mass is 16.5. The Bertz CT molecular complexity index is 449. The number of piperidine rings is 1. The first-order valence-corrected chi connectivity index (χ1v) is 6.92. The standard InChI is InChI=1S/C15H19NO3/c17-10-11-4-3-7-16(9-11)15(18)14-8-12-5-1-2-6-13(12)19-14/h1-2,5-6,11,14,17H,3-4,7-10H2. The number of hydrogen-bond donors (Lipinski definition) is 1. The number of aliphatic hydroxyl groups is 1. The lowest BCUT2D eigenvalue weighted by atomic mass is 9.98. The van der Waals surface area contributed by atoms with E-state index in [1.54, 1.807) is 0 Å². The molecule has 0 saturated carbocycles. The predicted octanol–water partition coefficient (Wildman–Crippen LogP) is 1.22. The maximum absolute atomic E-state index is 12.4. The van der Waals surface area contributed by atoms with E-state index in [0.29, 0.717) is 13.0 Å². The normalized spacial score (nSPS) is 25.8. The number of likely N-dealkylation sites (tertiary alicyclic amines) is 1. The van der Waals surface area contributed by atoms with E-state index in [4.69, 9.17) is 4.74 Å². The molecule has 0 bridgehead atoms. The second kappa shape index (κ2) is 5.21. The minimum Gasteiger partial charge on any atom is -0.480 e. The maximum Gasteiger partial charge on any atom is 0.264 e. The number of fused-ring (bicyclic) bond motifs is 1. The molecule has 1 fully saturated rings. The van der Waals surface area contributed by atoms with Gasteiger partial charge in [-0.1, -0.05) is 18.2 Å². The van der Waals surface area contributed by atoms with Gasteiger partial charge in [0.15, 0.2) is 6.10 Å². The fraction of sp³-hybridized carbons (Fsp3) is 0.533. The molecule has 0 aromatic heterocycles. The molecule has 2 aliphatic heterocycles. The highest BCUT2D eigenvalue weighted by molar-refractivity contribution is 5.82. The van der Waals surface area contributed by atoms with Crippen LogP contribution in [-0.2, 0) is 11.2 Å². The number of amides is 1. The third-order valence-corrected chi connectivity index (χ3v) is 4.01. The van der Waals surface area contributed by atoms with Crippen molar-refractivity contribution < 1.29 is 14.6 Å². The monoisotopic (exact) mass is 261 g/mol. The Hall–Kier alpha value is -1.55. The highest BCUT2D eigenvalue weighted by Crippen LogP contribution is 2.29. The number of para-hydroxylation sites is 1. The zero-order chi connectivity index (χ0) is 13.2. The Labute approximate surface area is 113 Å². The number of rotatable bonds is 2. The molecule has 2 aliphatic rings. The van der Waals surface area contributed by atoms with Gasteiger partial charge in [-0.25, -0.2) is 0 Å². The van der Waals surface area contributed by atoms with Crippen LogP contribution in [0.15, 0.2) is 24.3 Å². The second-order valence-corrected chi connectivity index (χ2v) is 5.39. The number of nitrogens with zero attached hydrogens (tertiary/aromatic N) is 1. The molecule has 1 aromatic carbocycles. The molecule has 0 spiro atoms. The van der Waals surface area contributed by atoms with E-state index in [0.717, 1.165) is 30.7 Å². The van der Waals surface area contributed by atoms with E-state index >= 15 is 0 Å². The SMILES string of the molecule is O=C(C1Cc2ccccc2O1)N1CCCC(CO)C1. The van der Waals surface area contributed by atoms with Crippen molar-refractivity contribution in [3.8, 4) is 5.75 Å². The molecule has 102 valence electrons. The Morgan fingerprint density at radius 1 is 1.42 bits per heavy atom. The number of carbonyl (C=O) groups excluding carboxylic acids is 1. The van der Waals surface area contributed by atoms with Crippen molar-refractivity contribution in [1.29, 1.82) is 0 Å². The average Bonchev–Trinajstić information content (AvgIpc) is 2.90. The molecule has 1 N–H and O–H groups in total. The van der Waals surface area contributed by atoms with E-state index in [1.807, 2.05) is 29.2 Å². The van der Waals surface area contributed by atoms with E-state index < -0.39 is 0 Å². The molecule has 1 amide bonds. The second-order valence-electron chi connectivity index (χ2n) is 5.39. The Morgan fingerprint density at radius 3 is 3.05 bits per heavy atom. The van der Waals surface area contributed by atoms with Gasteiger partial charge in [0.2, 0.25) is 0 Å². The van der Waals surface area contributed by atoms with Crippen molar-refractivity contribution in [3.05, 3.63) is 29.8 Å². The summed E-state index contributed by atoms with van der Waals surface area (Å²) in [4.78, 5) is 14.3. The number of aliphatic hydroxyl groups excluding tert-OH is 1. The summed E-state index contributed by atoms with van der Waals surface area (Å²) in [7, 11) is 0. The Morgan fingerprint density at radius 2 is 2.26 bits per heavy atom. The van der Waals surface area contributed by atoms with Crippen LogP contribution >= 0.6 is 0 Å².